The molecule has 0 atom stereocenters. The fraction of sp³-hybridized carbons (Fsp3) is 0.200. The maximum atomic E-state index is 12.7. The predicted octanol–water partition coefficient (Wildman–Crippen LogP) is 4.25. The average molecular weight is 415 g/mol. The lowest BCUT2D eigenvalue weighted by molar-refractivity contribution is -0.121. The molecule has 0 aliphatic rings. The van der Waals surface area contributed by atoms with Crippen molar-refractivity contribution in [3.8, 4) is 11.5 Å². The van der Waals surface area contributed by atoms with Gasteiger partial charge in [-0.05, 0) is 54.4 Å². The van der Waals surface area contributed by atoms with Crippen molar-refractivity contribution in [3.05, 3.63) is 89.7 Å². The van der Waals surface area contributed by atoms with Crippen LogP contribution in [0.15, 0.2) is 72.8 Å². The predicted molar refractivity (Wildman–Crippen MR) is 120 cm³/mol. The zero-order chi connectivity index (χ0) is 21.6. The fourth-order valence-electron chi connectivity index (χ4n) is 3.41. The SMILES string of the molecule is COc1ccc(CNC(=O)Cn2c(COc3cccc(C)c3)nc3ccccc32)cc1. The molecule has 0 aliphatic carbocycles. The lowest BCUT2D eigenvalue weighted by Crippen LogP contribution is -2.28. The number of methoxy groups -OCH3 is 1. The van der Waals surface area contributed by atoms with Gasteiger partial charge in [-0.25, -0.2) is 4.98 Å². The van der Waals surface area contributed by atoms with Crippen LogP contribution in [0.5, 0.6) is 11.5 Å². The quantitative estimate of drug-likeness (QED) is 0.467. The molecule has 1 aromatic heterocycles. The summed E-state index contributed by atoms with van der Waals surface area (Å²) in [7, 11) is 1.63. The number of amides is 1. The van der Waals surface area contributed by atoms with Crippen molar-refractivity contribution in [3.63, 3.8) is 0 Å². The van der Waals surface area contributed by atoms with Gasteiger partial charge in [-0.15, -0.1) is 0 Å². The van der Waals surface area contributed by atoms with Crippen LogP contribution in [0.3, 0.4) is 0 Å². The molecular weight excluding hydrogens is 390 g/mol. The minimum Gasteiger partial charge on any atom is -0.497 e. The van der Waals surface area contributed by atoms with Gasteiger partial charge in [0, 0.05) is 6.54 Å². The molecule has 0 bridgehead atoms. The van der Waals surface area contributed by atoms with Gasteiger partial charge in [0.25, 0.3) is 0 Å². The van der Waals surface area contributed by atoms with E-state index in [0.29, 0.717) is 12.4 Å². The number of hydrogen-bond donors (Lipinski definition) is 1. The van der Waals surface area contributed by atoms with Crippen LogP contribution in [0.4, 0.5) is 0 Å². The van der Waals surface area contributed by atoms with Gasteiger partial charge < -0.3 is 19.4 Å². The van der Waals surface area contributed by atoms with Crippen molar-refractivity contribution in [1.82, 2.24) is 14.9 Å². The Morgan fingerprint density at radius 2 is 1.81 bits per heavy atom. The highest BCUT2D eigenvalue weighted by Gasteiger charge is 2.14. The number of carbonyl (C=O) groups excluding carboxylic acids is 1. The first-order valence-electron chi connectivity index (χ1n) is 10.2. The van der Waals surface area contributed by atoms with Crippen LogP contribution in [0.25, 0.3) is 11.0 Å². The Hall–Kier alpha value is -3.80. The van der Waals surface area contributed by atoms with Crippen LogP contribution in [-0.4, -0.2) is 22.6 Å². The molecule has 1 N–H and O–H groups in total. The number of nitrogens with zero attached hydrogens (tertiary/aromatic N) is 2. The molecule has 0 fully saturated rings. The Morgan fingerprint density at radius 3 is 2.58 bits per heavy atom. The van der Waals surface area contributed by atoms with Crippen LogP contribution in [0.1, 0.15) is 17.0 Å². The van der Waals surface area contributed by atoms with E-state index in [-0.39, 0.29) is 19.1 Å². The standard InChI is InChI=1S/C25H25N3O3/c1-18-6-5-7-21(14-18)31-17-24-27-22-8-3-4-9-23(22)28(24)16-25(29)26-15-19-10-12-20(30-2)13-11-19/h3-14H,15-17H2,1-2H3,(H,26,29). The Kier molecular flexibility index (Phi) is 6.17. The van der Waals surface area contributed by atoms with Gasteiger partial charge in [0.2, 0.25) is 5.91 Å². The second-order valence-corrected chi connectivity index (χ2v) is 7.33. The van der Waals surface area contributed by atoms with Gasteiger partial charge in [-0.2, -0.15) is 0 Å². The smallest absolute Gasteiger partial charge is 0.240 e. The molecule has 31 heavy (non-hydrogen) atoms. The maximum absolute atomic E-state index is 12.7. The molecule has 4 aromatic rings. The summed E-state index contributed by atoms with van der Waals surface area (Å²) in [4.78, 5) is 17.4. The van der Waals surface area contributed by atoms with Crippen LogP contribution in [0.2, 0.25) is 0 Å². The summed E-state index contributed by atoms with van der Waals surface area (Å²) in [5.74, 6) is 2.19. The van der Waals surface area contributed by atoms with Crippen LogP contribution >= 0.6 is 0 Å². The van der Waals surface area contributed by atoms with Crippen molar-refractivity contribution in [2.75, 3.05) is 7.11 Å². The largest absolute Gasteiger partial charge is 0.497 e. The minimum absolute atomic E-state index is 0.0872. The highest BCUT2D eigenvalue weighted by atomic mass is 16.5. The van der Waals surface area contributed by atoms with E-state index < -0.39 is 0 Å². The van der Waals surface area contributed by atoms with E-state index in [9.17, 15) is 4.79 Å². The molecule has 158 valence electrons. The zero-order valence-electron chi connectivity index (χ0n) is 17.7. The summed E-state index contributed by atoms with van der Waals surface area (Å²) in [5.41, 5.74) is 3.88. The number of fused-ring (bicyclic) bond motifs is 1. The summed E-state index contributed by atoms with van der Waals surface area (Å²) in [6.45, 7) is 2.92. The average Bonchev–Trinajstić information content (AvgIpc) is 3.14. The molecule has 4 rings (SSSR count). The second-order valence-electron chi connectivity index (χ2n) is 7.33. The topological polar surface area (TPSA) is 65.4 Å². The van der Waals surface area contributed by atoms with Gasteiger partial charge in [0.05, 0.1) is 18.1 Å². The van der Waals surface area contributed by atoms with Crippen LogP contribution in [0, 0.1) is 6.92 Å². The third kappa shape index (κ3) is 5.04. The molecule has 1 heterocycles. The third-order valence-electron chi connectivity index (χ3n) is 5.04. The molecule has 6 heteroatoms. The van der Waals surface area contributed by atoms with E-state index in [2.05, 4.69) is 10.3 Å². The Bertz CT molecular complexity index is 1180. The van der Waals surface area contributed by atoms with Crippen molar-refractivity contribution >= 4 is 16.9 Å². The van der Waals surface area contributed by atoms with Gasteiger partial charge in [-0.3, -0.25) is 4.79 Å². The molecule has 6 nitrogen and oxygen atoms in total. The lowest BCUT2D eigenvalue weighted by atomic mass is 10.2. The van der Waals surface area contributed by atoms with E-state index in [0.717, 1.165) is 33.7 Å². The molecule has 0 saturated heterocycles. The molecular formula is C25H25N3O3. The summed E-state index contributed by atoms with van der Waals surface area (Å²) in [6.07, 6.45) is 0. The number of nitrogens with one attached hydrogen (secondary N) is 1. The number of hydrogen-bond acceptors (Lipinski definition) is 4. The minimum atomic E-state index is -0.0872. The van der Waals surface area contributed by atoms with Crippen LogP contribution in [-0.2, 0) is 24.5 Å². The van der Waals surface area contributed by atoms with E-state index in [1.807, 2.05) is 84.3 Å². The monoisotopic (exact) mass is 415 g/mol. The first-order chi connectivity index (χ1) is 15.1. The second kappa shape index (κ2) is 9.34. The molecule has 0 spiro atoms. The molecule has 1 amide bonds. The molecule has 0 saturated carbocycles. The number of carbonyl (C=O) groups is 1. The first kappa shape index (κ1) is 20.5. The molecule has 0 radical (unpaired) electrons. The van der Waals surface area contributed by atoms with Crippen molar-refractivity contribution in [2.45, 2.75) is 26.6 Å². The molecule has 0 aliphatic heterocycles. The zero-order valence-corrected chi connectivity index (χ0v) is 17.7. The molecule has 0 unspecified atom stereocenters. The van der Waals surface area contributed by atoms with E-state index >= 15 is 0 Å². The lowest BCUT2D eigenvalue weighted by Gasteiger charge is -2.11. The van der Waals surface area contributed by atoms with E-state index in [1.165, 1.54) is 0 Å². The first-order valence-corrected chi connectivity index (χ1v) is 10.2. The summed E-state index contributed by atoms with van der Waals surface area (Å²) >= 11 is 0. The van der Waals surface area contributed by atoms with Crippen LogP contribution < -0.4 is 14.8 Å². The van der Waals surface area contributed by atoms with Gasteiger partial charge in [0.15, 0.2) is 0 Å². The summed E-state index contributed by atoms with van der Waals surface area (Å²) in [5, 5.41) is 2.98. The number of aromatic nitrogens is 2. The molecule has 3 aromatic carbocycles. The van der Waals surface area contributed by atoms with Gasteiger partial charge in [0.1, 0.15) is 30.5 Å². The number of imidazole rings is 1. The number of para-hydroxylation sites is 2. The fourth-order valence-corrected chi connectivity index (χ4v) is 3.41. The highest BCUT2D eigenvalue weighted by molar-refractivity contribution is 5.81. The van der Waals surface area contributed by atoms with Crippen molar-refractivity contribution < 1.29 is 14.3 Å². The number of ether oxygens (including phenoxy) is 2. The summed E-state index contributed by atoms with van der Waals surface area (Å²) in [6, 6.07) is 23.3. The van der Waals surface area contributed by atoms with Crippen molar-refractivity contribution in [2.24, 2.45) is 0 Å². The maximum Gasteiger partial charge on any atom is 0.240 e. The van der Waals surface area contributed by atoms with E-state index in [1.54, 1.807) is 7.11 Å². The Labute approximate surface area is 181 Å². The van der Waals surface area contributed by atoms with Crippen molar-refractivity contribution in [1.29, 1.82) is 0 Å². The number of benzene rings is 3. The van der Waals surface area contributed by atoms with Gasteiger partial charge >= 0.3 is 0 Å². The summed E-state index contributed by atoms with van der Waals surface area (Å²) < 4.78 is 13.0. The van der Waals surface area contributed by atoms with Gasteiger partial charge in [-0.1, -0.05) is 36.4 Å². The Balaban J connectivity index is 1.47. The highest BCUT2D eigenvalue weighted by Crippen LogP contribution is 2.19. The van der Waals surface area contributed by atoms with E-state index in [4.69, 9.17) is 9.47 Å². The normalized spacial score (nSPS) is 10.8. The number of aryl methyl sites for hydroxylation is 1. The number of rotatable bonds is 8. The Morgan fingerprint density at radius 1 is 1.00 bits per heavy atom. The third-order valence-corrected chi connectivity index (χ3v) is 5.04.